The monoisotopic (exact) mass is 182 g/mol. The Morgan fingerprint density at radius 3 is 3.31 bits per heavy atom. The first-order chi connectivity index (χ1) is 6.28. The van der Waals surface area contributed by atoms with Crippen LogP contribution < -0.4 is 0 Å². The van der Waals surface area contributed by atoms with Crippen molar-refractivity contribution in [2.75, 3.05) is 7.11 Å². The van der Waals surface area contributed by atoms with Gasteiger partial charge in [-0.1, -0.05) is 12.2 Å². The lowest BCUT2D eigenvalue weighted by Crippen LogP contribution is -2.29. The Hall–Kier alpha value is -0.870. The molecule has 2 fully saturated rings. The predicted molar refractivity (Wildman–Crippen MR) is 42.0 cm³/mol. The third-order valence-corrected chi connectivity index (χ3v) is 2.88. The number of carbonyl (C=O) groups excluding carboxylic acids is 1. The molecule has 0 N–H and O–H groups in total. The molecule has 3 rings (SSSR count). The van der Waals surface area contributed by atoms with E-state index in [4.69, 9.17) is 14.2 Å². The van der Waals surface area contributed by atoms with Crippen molar-refractivity contribution >= 4 is 5.97 Å². The number of methoxy groups -OCH3 is 1. The Labute approximate surface area is 75.5 Å². The quantitative estimate of drug-likeness (QED) is 0.326. The first-order valence-corrected chi connectivity index (χ1v) is 4.36. The fraction of sp³-hybridized carbons (Fsp3) is 0.667. The molecule has 2 saturated heterocycles. The number of esters is 1. The normalized spacial score (nSPS) is 50.1. The highest BCUT2D eigenvalue weighted by atomic mass is 16.7. The van der Waals surface area contributed by atoms with Crippen LogP contribution >= 0.6 is 0 Å². The summed E-state index contributed by atoms with van der Waals surface area (Å²) in [5.41, 5.74) is -0.721. The molecule has 0 radical (unpaired) electrons. The summed E-state index contributed by atoms with van der Waals surface area (Å²) in [5, 5.41) is 0. The summed E-state index contributed by atoms with van der Waals surface area (Å²) in [5.74, 6) is -0.279. The van der Waals surface area contributed by atoms with Crippen LogP contribution in [-0.4, -0.2) is 37.0 Å². The second-order valence-corrected chi connectivity index (χ2v) is 3.62. The highest BCUT2D eigenvalue weighted by Crippen LogP contribution is 2.51. The number of hydrogen-bond acceptors (Lipinski definition) is 4. The van der Waals surface area contributed by atoms with Crippen LogP contribution in [-0.2, 0) is 19.0 Å². The number of epoxide rings is 2. The van der Waals surface area contributed by atoms with Gasteiger partial charge in [-0.25, -0.2) is 4.79 Å². The van der Waals surface area contributed by atoms with Crippen molar-refractivity contribution in [2.24, 2.45) is 0 Å². The summed E-state index contributed by atoms with van der Waals surface area (Å²) in [6.07, 6.45) is 4.71. The molecule has 4 nitrogen and oxygen atoms in total. The highest BCUT2D eigenvalue weighted by Gasteiger charge is 2.72. The summed E-state index contributed by atoms with van der Waals surface area (Å²) in [6.45, 7) is 0. The van der Waals surface area contributed by atoms with Gasteiger partial charge in [-0.2, -0.15) is 0 Å². The molecule has 0 unspecified atom stereocenters. The minimum Gasteiger partial charge on any atom is -0.467 e. The van der Waals surface area contributed by atoms with E-state index in [0.717, 1.165) is 0 Å². The van der Waals surface area contributed by atoms with Gasteiger partial charge in [0.05, 0.1) is 7.11 Å². The number of ether oxygens (including phenoxy) is 3. The van der Waals surface area contributed by atoms with Gasteiger partial charge < -0.3 is 14.2 Å². The molecule has 3 aliphatic rings. The van der Waals surface area contributed by atoms with Gasteiger partial charge in [0, 0.05) is 6.42 Å². The van der Waals surface area contributed by atoms with Crippen molar-refractivity contribution in [1.29, 1.82) is 0 Å². The minimum absolute atomic E-state index is 0.0813. The second kappa shape index (κ2) is 2.13. The van der Waals surface area contributed by atoms with Crippen LogP contribution in [0.3, 0.4) is 0 Å². The average Bonchev–Trinajstić information content (AvgIpc) is 2.91. The van der Waals surface area contributed by atoms with E-state index in [2.05, 4.69) is 0 Å². The third kappa shape index (κ3) is 0.845. The van der Waals surface area contributed by atoms with Crippen LogP contribution in [0.5, 0.6) is 0 Å². The molecule has 4 atom stereocenters. The van der Waals surface area contributed by atoms with Crippen molar-refractivity contribution in [1.82, 2.24) is 0 Å². The Balaban J connectivity index is 1.87. The molecule has 70 valence electrons. The van der Waals surface area contributed by atoms with Crippen LogP contribution in [0.15, 0.2) is 12.2 Å². The smallest absolute Gasteiger partial charge is 0.341 e. The van der Waals surface area contributed by atoms with E-state index in [9.17, 15) is 4.79 Å². The fourth-order valence-corrected chi connectivity index (χ4v) is 2.02. The maximum atomic E-state index is 11.4. The van der Waals surface area contributed by atoms with E-state index in [-0.39, 0.29) is 24.3 Å². The maximum Gasteiger partial charge on any atom is 0.341 e. The lowest BCUT2D eigenvalue weighted by molar-refractivity contribution is -0.146. The average molecular weight is 182 g/mol. The lowest BCUT2D eigenvalue weighted by atomic mass is 10.0. The van der Waals surface area contributed by atoms with E-state index in [1.165, 1.54) is 7.11 Å². The summed E-state index contributed by atoms with van der Waals surface area (Å²) in [7, 11) is 1.38. The van der Waals surface area contributed by atoms with E-state index < -0.39 is 5.60 Å². The number of fused-ring (bicyclic) bond motifs is 3. The predicted octanol–water partition coefficient (Wildman–Crippen LogP) is 0.0243. The van der Waals surface area contributed by atoms with Gasteiger partial charge in [-0.15, -0.1) is 0 Å². The van der Waals surface area contributed by atoms with E-state index in [0.29, 0.717) is 6.42 Å². The molecule has 0 saturated carbocycles. The number of hydrogen-bond donors (Lipinski definition) is 0. The topological polar surface area (TPSA) is 51.4 Å². The number of rotatable bonds is 1. The molecule has 13 heavy (non-hydrogen) atoms. The van der Waals surface area contributed by atoms with Crippen molar-refractivity contribution in [3.8, 4) is 0 Å². The minimum atomic E-state index is -0.721. The molecule has 2 heterocycles. The van der Waals surface area contributed by atoms with Gasteiger partial charge in [-0.3, -0.25) is 0 Å². The highest BCUT2D eigenvalue weighted by molar-refractivity contribution is 5.84. The Kier molecular flexibility index (Phi) is 1.24. The molecule has 0 aromatic rings. The van der Waals surface area contributed by atoms with Crippen LogP contribution in [0.4, 0.5) is 0 Å². The van der Waals surface area contributed by atoms with E-state index in [1.807, 2.05) is 12.2 Å². The van der Waals surface area contributed by atoms with Crippen molar-refractivity contribution < 1.29 is 19.0 Å². The molecule has 0 aromatic heterocycles. The summed E-state index contributed by atoms with van der Waals surface area (Å²) >= 11 is 0. The van der Waals surface area contributed by atoms with Gasteiger partial charge in [0.2, 0.25) is 0 Å². The van der Waals surface area contributed by atoms with Gasteiger partial charge in [0.25, 0.3) is 0 Å². The Morgan fingerprint density at radius 2 is 2.54 bits per heavy atom. The molecular formula is C9H10O4. The standard InChI is InChI=1S/C9H10O4/c1-11-8(10)9-4-2-3-5-6(12-5)7(9)13-9/h2-3,5-7H,4H2,1H3/t5-,6-,7-,9+/m1/s1. The summed E-state index contributed by atoms with van der Waals surface area (Å²) in [6, 6.07) is 0. The van der Waals surface area contributed by atoms with Gasteiger partial charge >= 0.3 is 5.97 Å². The summed E-state index contributed by atoms with van der Waals surface area (Å²) in [4.78, 5) is 11.4. The maximum absolute atomic E-state index is 11.4. The Bertz CT molecular complexity index is 298. The Morgan fingerprint density at radius 1 is 1.69 bits per heavy atom. The molecule has 0 bridgehead atoms. The molecule has 0 spiro atoms. The molecule has 0 amide bonds. The van der Waals surface area contributed by atoms with Crippen LogP contribution in [0.25, 0.3) is 0 Å². The van der Waals surface area contributed by atoms with Crippen LogP contribution in [0.2, 0.25) is 0 Å². The van der Waals surface area contributed by atoms with Gasteiger partial charge in [0.15, 0.2) is 5.60 Å². The summed E-state index contributed by atoms with van der Waals surface area (Å²) < 4.78 is 15.4. The van der Waals surface area contributed by atoms with Gasteiger partial charge in [-0.05, 0) is 0 Å². The zero-order chi connectivity index (χ0) is 9.05. The molecule has 4 heteroatoms. The van der Waals surface area contributed by atoms with Crippen molar-refractivity contribution in [3.05, 3.63) is 12.2 Å². The molecule has 2 aliphatic heterocycles. The first-order valence-electron chi connectivity index (χ1n) is 4.36. The SMILES string of the molecule is COC(=O)[C@]12CC=C[C@H]3O[C@H]3[C@H]1O2. The van der Waals surface area contributed by atoms with Gasteiger partial charge in [0.1, 0.15) is 18.3 Å². The first kappa shape index (κ1) is 7.53. The third-order valence-electron chi connectivity index (χ3n) is 2.88. The number of carbonyl (C=O) groups is 1. The molecular weight excluding hydrogens is 172 g/mol. The molecule has 0 aromatic carbocycles. The second-order valence-electron chi connectivity index (χ2n) is 3.62. The van der Waals surface area contributed by atoms with E-state index in [1.54, 1.807) is 0 Å². The van der Waals surface area contributed by atoms with Crippen LogP contribution in [0.1, 0.15) is 6.42 Å². The van der Waals surface area contributed by atoms with E-state index >= 15 is 0 Å². The van der Waals surface area contributed by atoms with Crippen LogP contribution in [0, 0.1) is 0 Å². The van der Waals surface area contributed by atoms with Crippen molar-refractivity contribution in [3.63, 3.8) is 0 Å². The fourth-order valence-electron chi connectivity index (χ4n) is 2.02. The zero-order valence-corrected chi connectivity index (χ0v) is 7.23. The lowest BCUT2D eigenvalue weighted by Gasteiger charge is -2.05. The van der Waals surface area contributed by atoms with Crippen molar-refractivity contribution in [2.45, 2.75) is 30.3 Å². The largest absolute Gasteiger partial charge is 0.467 e. The molecule has 1 aliphatic carbocycles. The zero-order valence-electron chi connectivity index (χ0n) is 7.23.